The van der Waals surface area contributed by atoms with Crippen molar-refractivity contribution < 1.29 is 9.53 Å². The van der Waals surface area contributed by atoms with E-state index in [9.17, 15) is 4.79 Å². The van der Waals surface area contributed by atoms with E-state index in [1.807, 2.05) is 5.38 Å². The molecule has 0 bridgehead atoms. The van der Waals surface area contributed by atoms with Gasteiger partial charge in [-0.15, -0.1) is 22.9 Å². The maximum Gasteiger partial charge on any atom is 0.263 e. The Balaban J connectivity index is 2.68. The lowest BCUT2D eigenvalue weighted by Crippen LogP contribution is -2.27. The third-order valence-electron chi connectivity index (χ3n) is 1.79. The Hall–Kier alpha value is -0.740. The summed E-state index contributed by atoms with van der Waals surface area (Å²) < 4.78 is 5.00. The SMILES string of the molecule is COc1csc(C(=O)N(C)CCCl)c1. The van der Waals surface area contributed by atoms with Crippen LogP contribution in [0.3, 0.4) is 0 Å². The number of hydrogen-bond donors (Lipinski definition) is 0. The summed E-state index contributed by atoms with van der Waals surface area (Å²) in [5.41, 5.74) is 0. The first-order valence-corrected chi connectivity index (χ1v) is 5.54. The van der Waals surface area contributed by atoms with Crippen LogP contribution in [0.1, 0.15) is 9.67 Å². The van der Waals surface area contributed by atoms with E-state index in [1.165, 1.54) is 11.3 Å². The first kappa shape index (κ1) is 11.3. The van der Waals surface area contributed by atoms with Crippen LogP contribution in [0.5, 0.6) is 5.75 Å². The molecule has 0 saturated carbocycles. The molecule has 0 saturated heterocycles. The van der Waals surface area contributed by atoms with Gasteiger partial charge in [0.15, 0.2) is 0 Å². The molecule has 78 valence electrons. The van der Waals surface area contributed by atoms with Gasteiger partial charge in [-0.1, -0.05) is 0 Å². The van der Waals surface area contributed by atoms with E-state index < -0.39 is 0 Å². The lowest BCUT2D eigenvalue weighted by Gasteiger charge is -2.13. The molecule has 0 N–H and O–H groups in total. The van der Waals surface area contributed by atoms with Gasteiger partial charge in [-0.25, -0.2) is 0 Å². The highest BCUT2D eigenvalue weighted by atomic mass is 35.5. The second-order valence-corrected chi connectivity index (χ2v) is 4.06. The van der Waals surface area contributed by atoms with E-state index in [4.69, 9.17) is 16.3 Å². The Morgan fingerprint density at radius 3 is 2.93 bits per heavy atom. The third-order valence-corrected chi connectivity index (χ3v) is 2.85. The Kier molecular flexibility index (Phi) is 4.22. The van der Waals surface area contributed by atoms with Crippen LogP contribution in [0.15, 0.2) is 11.4 Å². The molecule has 0 unspecified atom stereocenters. The molecule has 0 aliphatic carbocycles. The van der Waals surface area contributed by atoms with Gasteiger partial charge in [-0.3, -0.25) is 4.79 Å². The molecule has 5 heteroatoms. The summed E-state index contributed by atoms with van der Waals surface area (Å²) in [4.78, 5) is 14.0. The van der Waals surface area contributed by atoms with E-state index >= 15 is 0 Å². The highest BCUT2D eigenvalue weighted by molar-refractivity contribution is 7.12. The molecule has 0 aromatic carbocycles. The minimum Gasteiger partial charge on any atom is -0.496 e. The average Bonchev–Trinajstić information content (AvgIpc) is 2.65. The van der Waals surface area contributed by atoms with Crippen molar-refractivity contribution in [2.45, 2.75) is 0 Å². The maximum atomic E-state index is 11.7. The number of carbonyl (C=O) groups excluding carboxylic acids is 1. The summed E-state index contributed by atoms with van der Waals surface area (Å²) >= 11 is 6.92. The molecule has 0 fully saturated rings. The van der Waals surface area contributed by atoms with Gasteiger partial charge in [0.05, 0.1) is 12.0 Å². The zero-order chi connectivity index (χ0) is 10.6. The van der Waals surface area contributed by atoms with Crippen LogP contribution in [-0.2, 0) is 0 Å². The molecule has 1 heterocycles. The monoisotopic (exact) mass is 233 g/mol. The van der Waals surface area contributed by atoms with Crippen LogP contribution in [-0.4, -0.2) is 37.4 Å². The Morgan fingerprint density at radius 2 is 2.43 bits per heavy atom. The standard InChI is InChI=1S/C9H12ClNO2S/c1-11(4-3-10)9(12)8-5-7(13-2)6-14-8/h5-6H,3-4H2,1-2H3. The van der Waals surface area contributed by atoms with Gasteiger partial charge in [-0.05, 0) is 0 Å². The first-order chi connectivity index (χ1) is 6.69. The number of amides is 1. The van der Waals surface area contributed by atoms with Crippen LogP contribution in [0.2, 0.25) is 0 Å². The molecule has 1 aromatic heterocycles. The highest BCUT2D eigenvalue weighted by Crippen LogP contribution is 2.22. The Bertz CT molecular complexity index is 314. The average molecular weight is 234 g/mol. The first-order valence-electron chi connectivity index (χ1n) is 4.13. The lowest BCUT2D eigenvalue weighted by atomic mass is 10.4. The minimum atomic E-state index is -0.0149. The predicted octanol–water partition coefficient (Wildman–Crippen LogP) is 2.07. The van der Waals surface area contributed by atoms with Crippen molar-refractivity contribution >= 4 is 28.8 Å². The summed E-state index contributed by atoms with van der Waals surface area (Å²) in [6.45, 7) is 0.556. The van der Waals surface area contributed by atoms with Gasteiger partial charge in [0, 0.05) is 30.9 Å². The van der Waals surface area contributed by atoms with Crippen LogP contribution in [0.25, 0.3) is 0 Å². The van der Waals surface area contributed by atoms with Crippen LogP contribution in [0, 0.1) is 0 Å². The van der Waals surface area contributed by atoms with Crippen molar-refractivity contribution in [2.24, 2.45) is 0 Å². The summed E-state index contributed by atoms with van der Waals surface area (Å²) in [6, 6.07) is 1.73. The molecule has 0 radical (unpaired) electrons. The predicted molar refractivity (Wildman–Crippen MR) is 58.6 cm³/mol. The summed E-state index contributed by atoms with van der Waals surface area (Å²) in [5, 5.41) is 1.81. The molecule has 0 spiro atoms. The molecule has 1 amide bonds. The molecular weight excluding hydrogens is 222 g/mol. The fraction of sp³-hybridized carbons (Fsp3) is 0.444. The van der Waals surface area contributed by atoms with E-state index in [-0.39, 0.29) is 5.91 Å². The van der Waals surface area contributed by atoms with Crippen LogP contribution >= 0.6 is 22.9 Å². The van der Waals surface area contributed by atoms with Crippen molar-refractivity contribution in [1.29, 1.82) is 0 Å². The third kappa shape index (κ3) is 2.62. The summed E-state index contributed by atoms with van der Waals surface area (Å²) in [5.74, 6) is 1.15. The fourth-order valence-electron chi connectivity index (χ4n) is 0.954. The van der Waals surface area contributed by atoms with Gasteiger partial charge < -0.3 is 9.64 Å². The second kappa shape index (κ2) is 5.22. The zero-order valence-electron chi connectivity index (χ0n) is 8.12. The number of nitrogens with zero attached hydrogens (tertiary/aromatic N) is 1. The molecule has 3 nitrogen and oxygen atoms in total. The normalized spacial score (nSPS) is 9.93. The van der Waals surface area contributed by atoms with Crippen molar-refractivity contribution in [1.82, 2.24) is 4.90 Å². The molecule has 0 atom stereocenters. The molecule has 0 aliphatic rings. The van der Waals surface area contributed by atoms with Crippen molar-refractivity contribution in [2.75, 3.05) is 26.6 Å². The number of alkyl halides is 1. The van der Waals surface area contributed by atoms with E-state index in [1.54, 1.807) is 25.1 Å². The van der Waals surface area contributed by atoms with Gasteiger partial charge >= 0.3 is 0 Å². The smallest absolute Gasteiger partial charge is 0.263 e. The van der Waals surface area contributed by atoms with Gasteiger partial charge in [0.2, 0.25) is 0 Å². The van der Waals surface area contributed by atoms with Crippen LogP contribution < -0.4 is 4.74 Å². The number of halogens is 1. The molecule has 0 aliphatic heterocycles. The molecule has 14 heavy (non-hydrogen) atoms. The maximum absolute atomic E-state index is 11.7. The number of carbonyl (C=O) groups is 1. The summed E-state index contributed by atoms with van der Waals surface area (Å²) in [7, 11) is 3.32. The van der Waals surface area contributed by atoms with Crippen molar-refractivity contribution in [3.63, 3.8) is 0 Å². The second-order valence-electron chi connectivity index (χ2n) is 2.77. The zero-order valence-corrected chi connectivity index (χ0v) is 9.69. The topological polar surface area (TPSA) is 29.5 Å². The van der Waals surface area contributed by atoms with E-state index in [2.05, 4.69) is 0 Å². The number of methoxy groups -OCH3 is 1. The molecule has 1 rings (SSSR count). The largest absolute Gasteiger partial charge is 0.496 e. The number of ether oxygens (including phenoxy) is 1. The number of rotatable bonds is 4. The quantitative estimate of drug-likeness (QED) is 0.746. The molecule has 1 aromatic rings. The fourth-order valence-corrected chi connectivity index (χ4v) is 2.06. The minimum absolute atomic E-state index is 0.0149. The Labute approximate surface area is 92.2 Å². The van der Waals surface area contributed by atoms with Crippen molar-refractivity contribution in [3.05, 3.63) is 16.3 Å². The van der Waals surface area contributed by atoms with Crippen molar-refractivity contribution in [3.8, 4) is 5.75 Å². The Morgan fingerprint density at radius 1 is 1.71 bits per heavy atom. The molecular formula is C9H12ClNO2S. The van der Waals surface area contributed by atoms with Gasteiger partial charge in [0.25, 0.3) is 5.91 Å². The van der Waals surface area contributed by atoms with E-state index in [0.717, 1.165) is 5.75 Å². The van der Waals surface area contributed by atoms with Gasteiger partial charge in [0.1, 0.15) is 5.75 Å². The number of thiophene rings is 1. The number of hydrogen-bond acceptors (Lipinski definition) is 3. The van der Waals surface area contributed by atoms with E-state index in [0.29, 0.717) is 17.3 Å². The lowest BCUT2D eigenvalue weighted by molar-refractivity contribution is 0.0808. The summed E-state index contributed by atoms with van der Waals surface area (Å²) in [6.07, 6.45) is 0. The van der Waals surface area contributed by atoms with Crippen LogP contribution in [0.4, 0.5) is 0 Å². The highest BCUT2D eigenvalue weighted by Gasteiger charge is 2.13. The van der Waals surface area contributed by atoms with Gasteiger partial charge in [-0.2, -0.15) is 0 Å².